The number of aromatic nitrogens is 1. The highest BCUT2D eigenvalue weighted by atomic mass is 32.2. The van der Waals surface area contributed by atoms with Crippen molar-refractivity contribution in [1.82, 2.24) is 9.29 Å². The Morgan fingerprint density at radius 1 is 1.25 bits per heavy atom. The summed E-state index contributed by atoms with van der Waals surface area (Å²) < 4.78 is 25.7. The minimum atomic E-state index is -3.57. The number of nitrogens with two attached hydrogens (primary N) is 1. The Hall–Kier alpha value is -2.45. The fourth-order valence-electron chi connectivity index (χ4n) is 2.06. The van der Waals surface area contributed by atoms with E-state index in [2.05, 4.69) is 10.3 Å². The average Bonchev–Trinajstić information content (AvgIpc) is 2.51. The third-order valence-corrected chi connectivity index (χ3v) is 5.38. The van der Waals surface area contributed by atoms with Gasteiger partial charge in [-0.25, -0.2) is 12.7 Å². The Morgan fingerprint density at radius 2 is 1.96 bits per heavy atom. The molecule has 0 saturated heterocycles. The van der Waals surface area contributed by atoms with Crippen LogP contribution in [0, 0.1) is 6.92 Å². The molecule has 0 aliphatic carbocycles. The highest BCUT2D eigenvalue weighted by Gasteiger charge is 2.20. The quantitative estimate of drug-likeness (QED) is 0.850. The van der Waals surface area contributed by atoms with E-state index in [0.29, 0.717) is 22.6 Å². The summed E-state index contributed by atoms with van der Waals surface area (Å²) in [6.07, 6.45) is 1.56. The Kier molecular flexibility index (Phi) is 5.20. The number of carbonyl (C=O) groups is 1. The highest BCUT2D eigenvalue weighted by Crippen LogP contribution is 2.22. The molecular formula is C16H20N4O3S. The van der Waals surface area contributed by atoms with Crippen molar-refractivity contribution in [2.24, 2.45) is 0 Å². The second-order valence-corrected chi connectivity index (χ2v) is 7.70. The fraction of sp³-hybridized carbons (Fsp3) is 0.250. The molecule has 24 heavy (non-hydrogen) atoms. The molecule has 1 amide bonds. The number of carbonyl (C=O) groups excluding carboxylic acids is 1. The standard InChI is InChI=1S/C16H20N4O3S/c1-11-4-6-14(8-15(11)24(22,23)20(2)3)19-16(21)9-13-7-5-12(17)10-18-13/h4-8,10H,9,17H2,1-3H3,(H,19,21). The summed E-state index contributed by atoms with van der Waals surface area (Å²) in [5, 5.41) is 2.69. The van der Waals surface area contributed by atoms with Crippen LogP contribution >= 0.6 is 0 Å². The summed E-state index contributed by atoms with van der Waals surface area (Å²) in [5.74, 6) is -0.288. The van der Waals surface area contributed by atoms with Crippen molar-refractivity contribution in [3.63, 3.8) is 0 Å². The van der Waals surface area contributed by atoms with Gasteiger partial charge in [0.05, 0.1) is 23.2 Å². The first-order valence-electron chi connectivity index (χ1n) is 7.23. The predicted molar refractivity (Wildman–Crippen MR) is 93.0 cm³/mol. The molecule has 0 radical (unpaired) electrons. The number of pyridine rings is 1. The van der Waals surface area contributed by atoms with Crippen LogP contribution in [0.25, 0.3) is 0 Å². The molecule has 3 N–H and O–H groups in total. The first kappa shape index (κ1) is 17.9. The molecular weight excluding hydrogens is 328 g/mol. The topological polar surface area (TPSA) is 105 Å². The number of rotatable bonds is 5. The number of nitrogens with zero attached hydrogens (tertiary/aromatic N) is 2. The fourth-order valence-corrected chi connectivity index (χ4v) is 3.21. The molecule has 0 bridgehead atoms. The van der Waals surface area contributed by atoms with Crippen LogP contribution in [0.5, 0.6) is 0 Å². The number of nitrogen functional groups attached to an aromatic ring is 1. The maximum atomic E-state index is 12.3. The molecule has 2 aromatic rings. The summed E-state index contributed by atoms with van der Waals surface area (Å²) in [6.45, 7) is 1.71. The molecule has 0 unspecified atom stereocenters. The molecule has 8 heteroatoms. The molecule has 0 saturated carbocycles. The first-order valence-corrected chi connectivity index (χ1v) is 8.67. The van der Waals surface area contributed by atoms with Crippen molar-refractivity contribution in [2.75, 3.05) is 25.1 Å². The van der Waals surface area contributed by atoms with Gasteiger partial charge in [0.1, 0.15) is 0 Å². The van der Waals surface area contributed by atoms with Gasteiger partial charge in [-0.1, -0.05) is 6.07 Å². The lowest BCUT2D eigenvalue weighted by Gasteiger charge is -2.15. The number of hydrogen-bond acceptors (Lipinski definition) is 5. The second kappa shape index (κ2) is 6.98. The van der Waals surface area contributed by atoms with Crippen molar-refractivity contribution < 1.29 is 13.2 Å². The second-order valence-electron chi connectivity index (χ2n) is 5.58. The van der Waals surface area contributed by atoms with Gasteiger partial charge in [-0.2, -0.15) is 0 Å². The van der Waals surface area contributed by atoms with Gasteiger partial charge < -0.3 is 11.1 Å². The normalized spacial score (nSPS) is 11.5. The molecule has 0 fully saturated rings. The van der Waals surface area contributed by atoms with Crippen LogP contribution in [0.15, 0.2) is 41.4 Å². The van der Waals surface area contributed by atoms with Crippen LogP contribution in [-0.2, 0) is 21.2 Å². The third-order valence-electron chi connectivity index (χ3n) is 3.42. The van der Waals surface area contributed by atoms with Crippen molar-refractivity contribution in [3.8, 4) is 0 Å². The summed E-state index contributed by atoms with van der Waals surface area (Å²) in [7, 11) is -0.644. The van der Waals surface area contributed by atoms with Gasteiger partial charge in [0, 0.05) is 25.5 Å². The lowest BCUT2D eigenvalue weighted by molar-refractivity contribution is -0.115. The van der Waals surface area contributed by atoms with Gasteiger partial charge in [-0.3, -0.25) is 9.78 Å². The molecule has 0 aliphatic rings. The Bertz CT molecular complexity index is 846. The largest absolute Gasteiger partial charge is 0.397 e. The molecule has 128 valence electrons. The van der Waals surface area contributed by atoms with Crippen LogP contribution in [-0.4, -0.2) is 37.7 Å². The van der Waals surface area contributed by atoms with Crippen LogP contribution in [0.3, 0.4) is 0 Å². The Labute approximate surface area is 141 Å². The monoisotopic (exact) mass is 348 g/mol. The molecule has 0 aliphatic heterocycles. The zero-order valence-corrected chi connectivity index (χ0v) is 14.6. The van der Waals surface area contributed by atoms with E-state index < -0.39 is 10.0 Å². The summed E-state index contributed by atoms with van der Waals surface area (Å²) in [4.78, 5) is 16.3. The van der Waals surface area contributed by atoms with Crippen molar-refractivity contribution in [3.05, 3.63) is 47.8 Å². The first-order chi connectivity index (χ1) is 11.2. The van der Waals surface area contributed by atoms with E-state index in [-0.39, 0.29) is 17.2 Å². The zero-order valence-electron chi connectivity index (χ0n) is 13.8. The highest BCUT2D eigenvalue weighted by molar-refractivity contribution is 7.89. The number of hydrogen-bond donors (Lipinski definition) is 2. The smallest absolute Gasteiger partial charge is 0.242 e. The van der Waals surface area contributed by atoms with E-state index >= 15 is 0 Å². The van der Waals surface area contributed by atoms with Crippen LogP contribution < -0.4 is 11.1 Å². The Balaban J connectivity index is 2.18. The van der Waals surface area contributed by atoms with Crippen molar-refractivity contribution in [1.29, 1.82) is 0 Å². The van der Waals surface area contributed by atoms with Crippen molar-refractivity contribution >= 4 is 27.3 Å². The SMILES string of the molecule is Cc1ccc(NC(=O)Cc2ccc(N)cn2)cc1S(=O)(=O)N(C)C. The number of aryl methyl sites for hydroxylation is 1. The molecule has 1 aromatic carbocycles. The van der Waals surface area contributed by atoms with E-state index in [0.717, 1.165) is 4.31 Å². The lowest BCUT2D eigenvalue weighted by Crippen LogP contribution is -2.23. The summed E-state index contributed by atoms with van der Waals surface area (Å²) in [6, 6.07) is 8.13. The average molecular weight is 348 g/mol. The van der Waals surface area contributed by atoms with Gasteiger partial charge >= 0.3 is 0 Å². The maximum absolute atomic E-state index is 12.3. The number of benzene rings is 1. The van der Waals surface area contributed by atoms with Gasteiger partial charge in [0.25, 0.3) is 0 Å². The zero-order chi connectivity index (χ0) is 17.9. The molecule has 7 nitrogen and oxygen atoms in total. The van der Waals surface area contributed by atoms with Gasteiger partial charge in [0.15, 0.2) is 0 Å². The number of anilines is 2. The van der Waals surface area contributed by atoms with E-state index in [4.69, 9.17) is 5.73 Å². The maximum Gasteiger partial charge on any atom is 0.242 e. The molecule has 0 spiro atoms. The predicted octanol–water partition coefficient (Wildman–Crippen LogP) is 1.40. The van der Waals surface area contributed by atoms with E-state index in [1.165, 1.54) is 26.4 Å². The van der Waals surface area contributed by atoms with Crippen LogP contribution in [0.1, 0.15) is 11.3 Å². The van der Waals surface area contributed by atoms with Gasteiger partial charge in [0.2, 0.25) is 15.9 Å². The molecule has 1 aromatic heterocycles. The number of sulfonamides is 1. The molecule has 1 heterocycles. The van der Waals surface area contributed by atoms with Crippen LogP contribution in [0.2, 0.25) is 0 Å². The minimum Gasteiger partial charge on any atom is -0.397 e. The van der Waals surface area contributed by atoms with Crippen molar-refractivity contribution in [2.45, 2.75) is 18.2 Å². The Morgan fingerprint density at radius 3 is 2.54 bits per heavy atom. The van der Waals surface area contributed by atoms with Gasteiger partial charge in [-0.05, 0) is 36.8 Å². The van der Waals surface area contributed by atoms with Crippen LogP contribution in [0.4, 0.5) is 11.4 Å². The minimum absolute atomic E-state index is 0.0733. The molecule has 2 rings (SSSR count). The molecule has 0 atom stereocenters. The third kappa shape index (κ3) is 4.09. The summed E-state index contributed by atoms with van der Waals surface area (Å²) >= 11 is 0. The van der Waals surface area contributed by atoms with E-state index in [9.17, 15) is 13.2 Å². The van der Waals surface area contributed by atoms with Gasteiger partial charge in [-0.15, -0.1) is 0 Å². The lowest BCUT2D eigenvalue weighted by atomic mass is 10.2. The van der Waals surface area contributed by atoms with E-state index in [1.807, 2.05) is 0 Å². The summed E-state index contributed by atoms with van der Waals surface area (Å²) in [5.41, 5.74) is 7.69. The number of amides is 1. The van der Waals surface area contributed by atoms with E-state index in [1.54, 1.807) is 31.2 Å². The number of nitrogens with one attached hydrogen (secondary N) is 1.